The second kappa shape index (κ2) is 7.52. The first-order chi connectivity index (χ1) is 11.6. The Labute approximate surface area is 143 Å². The third-order valence-corrected chi connectivity index (χ3v) is 4.23. The molecule has 0 amide bonds. The van der Waals surface area contributed by atoms with Crippen molar-refractivity contribution in [1.29, 1.82) is 0 Å². The predicted molar refractivity (Wildman–Crippen MR) is 94.4 cm³/mol. The zero-order valence-corrected chi connectivity index (χ0v) is 14.4. The van der Waals surface area contributed by atoms with E-state index in [2.05, 4.69) is 12.1 Å². The van der Waals surface area contributed by atoms with E-state index in [0.717, 1.165) is 17.7 Å². The van der Waals surface area contributed by atoms with E-state index in [1.807, 2.05) is 38.1 Å². The fourth-order valence-corrected chi connectivity index (χ4v) is 3.04. The Hall–Kier alpha value is -2.29. The third kappa shape index (κ3) is 4.16. The highest BCUT2D eigenvalue weighted by atomic mass is 16.5. The van der Waals surface area contributed by atoms with Crippen LogP contribution >= 0.6 is 0 Å². The number of esters is 1. The molecule has 0 spiro atoms. The first kappa shape index (κ1) is 16.6. The first-order valence-corrected chi connectivity index (χ1v) is 8.66. The van der Waals surface area contributed by atoms with E-state index < -0.39 is 0 Å². The zero-order valence-electron chi connectivity index (χ0n) is 14.4. The second-order valence-corrected chi connectivity index (χ2v) is 6.58. The van der Waals surface area contributed by atoms with Crippen LogP contribution in [0.15, 0.2) is 42.5 Å². The zero-order chi connectivity index (χ0) is 16.9. The van der Waals surface area contributed by atoms with Gasteiger partial charge in [-0.1, -0.05) is 18.2 Å². The van der Waals surface area contributed by atoms with E-state index in [9.17, 15) is 4.79 Å². The van der Waals surface area contributed by atoms with Gasteiger partial charge in [0.25, 0.3) is 0 Å². The van der Waals surface area contributed by atoms with Gasteiger partial charge in [0.2, 0.25) is 0 Å². The number of aryl methyl sites for hydroxylation is 2. The van der Waals surface area contributed by atoms with Gasteiger partial charge in [0.05, 0.1) is 11.7 Å². The minimum Gasteiger partial charge on any atom is -0.489 e. The van der Waals surface area contributed by atoms with E-state index in [0.29, 0.717) is 12.2 Å². The van der Waals surface area contributed by atoms with Gasteiger partial charge in [-0.05, 0) is 80.5 Å². The van der Waals surface area contributed by atoms with Gasteiger partial charge in [0.15, 0.2) is 0 Å². The fourth-order valence-electron chi connectivity index (χ4n) is 3.04. The van der Waals surface area contributed by atoms with Gasteiger partial charge < -0.3 is 9.47 Å². The largest absolute Gasteiger partial charge is 0.489 e. The minimum absolute atomic E-state index is 0.118. The van der Waals surface area contributed by atoms with Crippen LogP contribution in [0.25, 0.3) is 0 Å². The molecule has 0 radical (unpaired) electrons. The average Bonchev–Trinajstić information content (AvgIpc) is 2.59. The van der Waals surface area contributed by atoms with Crippen LogP contribution in [0.5, 0.6) is 5.75 Å². The number of carbonyl (C=O) groups excluding carboxylic acids is 1. The highest BCUT2D eigenvalue weighted by Gasteiger charge is 2.11. The van der Waals surface area contributed by atoms with Crippen molar-refractivity contribution < 1.29 is 14.3 Å². The molecule has 0 atom stereocenters. The van der Waals surface area contributed by atoms with Crippen LogP contribution < -0.4 is 4.74 Å². The lowest BCUT2D eigenvalue weighted by Crippen LogP contribution is -2.12. The van der Waals surface area contributed by atoms with Gasteiger partial charge >= 0.3 is 5.97 Å². The van der Waals surface area contributed by atoms with Gasteiger partial charge in [-0.2, -0.15) is 0 Å². The van der Waals surface area contributed by atoms with Crippen molar-refractivity contribution in [3.63, 3.8) is 0 Å². The van der Waals surface area contributed by atoms with Crippen LogP contribution in [-0.2, 0) is 24.2 Å². The summed E-state index contributed by atoms with van der Waals surface area (Å²) in [6.45, 7) is 4.14. The lowest BCUT2D eigenvalue weighted by Gasteiger charge is -2.17. The summed E-state index contributed by atoms with van der Waals surface area (Å²) in [6.07, 6.45) is 4.75. The SMILES string of the molecule is CC(C)OC(=O)c1cccc(COc2ccc3c(c2)CCCC3)c1. The average molecular weight is 324 g/mol. The maximum atomic E-state index is 12.0. The summed E-state index contributed by atoms with van der Waals surface area (Å²) in [7, 11) is 0. The molecule has 24 heavy (non-hydrogen) atoms. The Morgan fingerprint density at radius 2 is 1.83 bits per heavy atom. The van der Waals surface area contributed by atoms with Crippen LogP contribution in [-0.4, -0.2) is 12.1 Å². The number of hydrogen-bond donors (Lipinski definition) is 0. The lowest BCUT2D eigenvalue weighted by atomic mass is 9.92. The standard InChI is InChI=1S/C21H24O3/c1-15(2)24-21(22)19-9-5-6-16(12-19)14-23-20-11-10-17-7-3-4-8-18(17)13-20/h5-6,9-13,15H,3-4,7-8,14H2,1-2H3. The molecule has 126 valence electrons. The number of ether oxygens (including phenoxy) is 2. The molecule has 0 aromatic heterocycles. The summed E-state index contributed by atoms with van der Waals surface area (Å²) in [5.41, 5.74) is 4.39. The molecule has 0 heterocycles. The molecule has 0 bridgehead atoms. The molecule has 0 unspecified atom stereocenters. The third-order valence-electron chi connectivity index (χ3n) is 4.23. The highest BCUT2D eigenvalue weighted by molar-refractivity contribution is 5.89. The molecule has 0 aliphatic heterocycles. The monoisotopic (exact) mass is 324 g/mol. The second-order valence-electron chi connectivity index (χ2n) is 6.58. The van der Waals surface area contributed by atoms with Crippen molar-refractivity contribution in [2.75, 3.05) is 0 Å². The van der Waals surface area contributed by atoms with Gasteiger partial charge in [-0.15, -0.1) is 0 Å². The molecular formula is C21H24O3. The Bertz CT molecular complexity index is 719. The van der Waals surface area contributed by atoms with Crippen molar-refractivity contribution in [2.45, 2.75) is 52.2 Å². The predicted octanol–water partition coefficient (Wildman–Crippen LogP) is 4.71. The minimum atomic E-state index is -0.291. The first-order valence-electron chi connectivity index (χ1n) is 8.66. The summed E-state index contributed by atoms with van der Waals surface area (Å²) in [5, 5.41) is 0. The quantitative estimate of drug-likeness (QED) is 0.747. The van der Waals surface area contributed by atoms with Crippen LogP contribution in [0.4, 0.5) is 0 Å². The van der Waals surface area contributed by atoms with Gasteiger partial charge in [-0.3, -0.25) is 0 Å². The van der Waals surface area contributed by atoms with E-state index in [4.69, 9.17) is 9.47 Å². The van der Waals surface area contributed by atoms with E-state index in [1.165, 1.54) is 30.4 Å². The molecule has 2 aromatic carbocycles. The molecule has 0 fully saturated rings. The number of benzene rings is 2. The topological polar surface area (TPSA) is 35.5 Å². The molecule has 1 aliphatic rings. The summed E-state index contributed by atoms with van der Waals surface area (Å²) in [6, 6.07) is 13.8. The summed E-state index contributed by atoms with van der Waals surface area (Å²) in [5.74, 6) is 0.603. The normalized spacial score (nSPS) is 13.5. The molecule has 3 nitrogen and oxygen atoms in total. The van der Waals surface area contributed by atoms with Gasteiger partial charge in [0.1, 0.15) is 12.4 Å². The smallest absolute Gasteiger partial charge is 0.338 e. The molecule has 3 rings (SSSR count). The molecular weight excluding hydrogens is 300 g/mol. The number of carbonyl (C=O) groups is 1. The van der Waals surface area contributed by atoms with Crippen molar-refractivity contribution in [2.24, 2.45) is 0 Å². The van der Waals surface area contributed by atoms with Crippen molar-refractivity contribution >= 4 is 5.97 Å². The van der Waals surface area contributed by atoms with Crippen molar-refractivity contribution in [3.05, 3.63) is 64.7 Å². The van der Waals surface area contributed by atoms with E-state index in [1.54, 1.807) is 6.07 Å². The molecule has 2 aromatic rings. The summed E-state index contributed by atoms with van der Waals surface area (Å²) >= 11 is 0. The molecule has 3 heteroatoms. The van der Waals surface area contributed by atoms with E-state index in [-0.39, 0.29) is 12.1 Å². The van der Waals surface area contributed by atoms with E-state index >= 15 is 0 Å². The number of rotatable bonds is 5. The Morgan fingerprint density at radius 1 is 1.04 bits per heavy atom. The maximum absolute atomic E-state index is 12.0. The molecule has 1 aliphatic carbocycles. The van der Waals surface area contributed by atoms with Gasteiger partial charge in [-0.25, -0.2) is 4.79 Å². The van der Waals surface area contributed by atoms with Crippen LogP contribution in [0, 0.1) is 0 Å². The van der Waals surface area contributed by atoms with Crippen LogP contribution in [0.3, 0.4) is 0 Å². The highest BCUT2D eigenvalue weighted by Crippen LogP contribution is 2.25. The van der Waals surface area contributed by atoms with Crippen molar-refractivity contribution in [1.82, 2.24) is 0 Å². The number of fused-ring (bicyclic) bond motifs is 1. The Balaban J connectivity index is 1.65. The summed E-state index contributed by atoms with van der Waals surface area (Å²) in [4.78, 5) is 12.0. The van der Waals surface area contributed by atoms with Crippen molar-refractivity contribution in [3.8, 4) is 5.75 Å². The van der Waals surface area contributed by atoms with Crippen LogP contribution in [0.1, 0.15) is 53.7 Å². The lowest BCUT2D eigenvalue weighted by molar-refractivity contribution is 0.0377. The Kier molecular flexibility index (Phi) is 5.19. The fraction of sp³-hybridized carbons (Fsp3) is 0.381. The summed E-state index contributed by atoms with van der Waals surface area (Å²) < 4.78 is 11.2. The number of hydrogen-bond acceptors (Lipinski definition) is 3. The molecule has 0 saturated carbocycles. The molecule has 0 N–H and O–H groups in total. The van der Waals surface area contributed by atoms with Crippen LogP contribution in [0.2, 0.25) is 0 Å². The van der Waals surface area contributed by atoms with Gasteiger partial charge in [0, 0.05) is 0 Å². The maximum Gasteiger partial charge on any atom is 0.338 e. The molecule has 0 saturated heterocycles. The Morgan fingerprint density at radius 3 is 2.62 bits per heavy atom.